The average molecular weight is 656 g/mol. The van der Waals surface area contributed by atoms with Crippen molar-refractivity contribution in [3.8, 4) is 0 Å². The molecule has 0 N–H and O–H groups in total. The molecule has 1 aliphatic heterocycles. The highest BCUT2D eigenvalue weighted by molar-refractivity contribution is 7.86. The number of nitrogens with zero attached hydrogens (tertiary/aromatic N) is 1. The van der Waals surface area contributed by atoms with Crippen molar-refractivity contribution in [1.82, 2.24) is 4.90 Å². The van der Waals surface area contributed by atoms with E-state index >= 15 is 0 Å². The molecule has 0 spiro atoms. The van der Waals surface area contributed by atoms with E-state index < -0.39 is 57.3 Å². The summed E-state index contributed by atoms with van der Waals surface area (Å²) in [4.78, 5) is 14.3. The fourth-order valence-electron chi connectivity index (χ4n) is 4.44. The van der Waals surface area contributed by atoms with Gasteiger partial charge in [0, 0.05) is 18.5 Å². The quantitative estimate of drug-likeness (QED) is 0.199. The number of benzene rings is 3. The van der Waals surface area contributed by atoms with Crippen molar-refractivity contribution < 1.29 is 48.5 Å². The topological polar surface area (TPSA) is 72.9 Å². The lowest BCUT2D eigenvalue weighted by Gasteiger charge is -2.43. The van der Waals surface area contributed by atoms with Crippen molar-refractivity contribution >= 4 is 39.2 Å². The highest BCUT2D eigenvalue weighted by Gasteiger charge is 2.42. The minimum atomic E-state index is -5.15. The molecule has 4 rings (SSSR count). The van der Waals surface area contributed by atoms with Gasteiger partial charge in [0.25, 0.3) is 16.0 Å². The third-order valence-corrected chi connectivity index (χ3v) is 8.60. The van der Waals surface area contributed by atoms with E-state index in [4.69, 9.17) is 32.1 Å². The summed E-state index contributed by atoms with van der Waals surface area (Å²) >= 11 is 12.2. The molecule has 1 heterocycles. The summed E-state index contributed by atoms with van der Waals surface area (Å²) in [5, 5.41) is 0.261. The number of halogens is 8. The lowest BCUT2D eigenvalue weighted by molar-refractivity contribution is -0.143. The predicted molar refractivity (Wildman–Crippen MR) is 141 cm³/mol. The first-order chi connectivity index (χ1) is 19.5. The number of ether oxygens (including phenoxy) is 1. The molecule has 3 aromatic rings. The van der Waals surface area contributed by atoms with Crippen LogP contribution in [0.15, 0.2) is 71.6 Å². The largest absolute Gasteiger partial charge is 0.416 e. The Morgan fingerprint density at radius 3 is 2.10 bits per heavy atom. The maximum Gasteiger partial charge on any atom is 0.416 e. The van der Waals surface area contributed by atoms with Gasteiger partial charge in [-0.25, -0.2) is 0 Å². The lowest BCUT2D eigenvalue weighted by atomic mass is 9.88. The van der Waals surface area contributed by atoms with Gasteiger partial charge in [-0.1, -0.05) is 47.5 Å². The molecule has 42 heavy (non-hydrogen) atoms. The summed E-state index contributed by atoms with van der Waals surface area (Å²) in [6.07, 6.45) is -10.5. The molecule has 15 heteroatoms. The van der Waals surface area contributed by atoms with Gasteiger partial charge in [-0.3, -0.25) is 8.98 Å². The Morgan fingerprint density at radius 1 is 0.905 bits per heavy atom. The molecule has 6 nitrogen and oxygen atoms in total. The average Bonchev–Trinajstić information content (AvgIpc) is 2.93. The van der Waals surface area contributed by atoms with E-state index in [1.165, 1.54) is 42.5 Å². The van der Waals surface area contributed by atoms with E-state index in [-0.39, 0.29) is 47.1 Å². The Labute approximate surface area is 246 Å². The minimum Gasteiger partial charge on any atom is -0.366 e. The Bertz CT molecular complexity index is 1540. The van der Waals surface area contributed by atoms with Crippen molar-refractivity contribution in [1.29, 1.82) is 0 Å². The van der Waals surface area contributed by atoms with Gasteiger partial charge in [0.2, 0.25) is 0 Å². The van der Waals surface area contributed by atoms with Crippen LogP contribution >= 0.6 is 23.2 Å². The highest BCUT2D eigenvalue weighted by atomic mass is 35.5. The second kappa shape index (κ2) is 12.0. The SMILES string of the molecule is O=C(c1cc(C(F)(F)F)cc(C(F)(F)F)c1)N1CCO[C@](CCOS(=O)(=O)c2ccccc2)(c2ccc(Cl)c(Cl)c2)C1. The molecule has 0 aliphatic carbocycles. The normalized spacial score (nSPS) is 18.2. The van der Waals surface area contributed by atoms with E-state index in [1.54, 1.807) is 6.07 Å². The number of carbonyl (C=O) groups is 1. The molecule has 1 saturated heterocycles. The number of amides is 1. The van der Waals surface area contributed by atoms with E-state index in [1.807, 2.05) is 0 Å². The smallest absolute Gasteiger partial charge is 0.366 e. The lowest BCUT2D eigenvalue weighted by Crippen LogP contribution is -2.52. The molecular formula is C27H21Cl2F6NO5S. The molecule has 0 unspecified atom stereocenters. The highest BCUT2D eigenvalue weighted by Crippen LogP contribution is 2.39. The van der Waals surface area contributed by atoms with Crippen LogP contribution in [0.2, 0.25) is 10.0 Å². The summed E-state index contributed by atoms with van der Waals surface area (Å²) < 4.78 is 117. The van der Waals surface area contributed by atoms with Crippen LogP contribution in [0, 0.1) is 0 Å². The molecular weight excluding hydrogens is 635 g/mol. The summed E-state index contributed by atoms with van der Waals surface area (Å²) in [6.45, 7) is -1.21. The van der Waals surface area contributed by atoms with E-state index in [2.05, 4.69) is 0 Å². The summed E-state index contributed by atoms with van der Waals surface area (Å²) in [7, 11) is -4.19. The van der Waals surface area contributed by atoms with Gasteiger partial charge in [-0.2, -0.15) is 34.8 Å². The first-order valence-electron chi connectivity index (χ1n) is 12.1. The zero-order valence-electron chi connectivity index (χ0n) is 21.3. The second-order valence-electron chi connectivity index (χ2n) is 9.33. The van der Waals surface area contributed by atoms with Crippen LogP contribution in [-0.4, -0.2) is 45.5 Å². The number of hydrogen-bond donors (Lipinski definition) is 0. The second-order valence-corrected chi connectivity index (χ2v) is 11.8. The van der Waals surface area contributed by atoms with Crippen LogP contribution in [0.1, 0.15) is 33.5 Å². The molecule has 1 amide bonds. The fraction of sp³-hybridized carbons (Fsp3) is 0.296. The predicted octanol–water partition coefficient (Wildman–Crippen LogP) is 7.19. The van der Waals surface area contributed by atoms with Crippen molar-refractivity contribution in [2.45, 2.75) is 29.3 Å². The number of rotatable bonds is 7. The zero-order chi connectivity index (χ0) is 30.9. The van der Waals surface area contributed by atoms with Crippen molar-refractivity contribution in [2.75, 3.05) is 26.3 Å². The van der Waals surface area contributed by atoms with Crippen LogP contribution < -0.4 is 0 Å². The van der Waals surface area contributed by atoms with Gasteiger partial charge < -0.3 is 9.64 Å². The van der Waals surface area contributed by atoms with E-state index in [9.17, 15) is 39.6 Å². The molecule has 0 radical (unpaired) electrons. The van der Waals surface area contributed by atoms with Gasteiger partial charge in [0.1, 0.15) is 5.60 Å². The number of alkyl halides is 6. The van der Waals surface area contributed by atoms with Crippen molar-refractivity contribution in [3.63, 3.8) is 0 Å². The summed E-state index contributed by atoms with van der Waals surface area (Å²) in [5.41, 5.74) is -5.28. The first-order valence-corrected chi connectivity index (χ1v) is 14.3. The van der Waals surface area contributed by atoms with Crippen molar-refractivity contribution in [2.24, 2.45) is 0 Å². The third-order valence-electron chi connectivity index (χ3n) is 6.53. The van der Waals surface area contributed by atoms with Crippen LogP contribution in [0.25, 0.3) is 0 Å². The minimum absolute atomic E-state index is 0.0688. The number of hydrogen-bond acceptors (Lipinski definition) is 5. The zero-order valence-corrected chi connectivity index (χ0v) is 23.6. The number of carbonyl (C=O) groups excluding carboxylic acids is 1. The summed E-state index contributed by atoms with van der Waals surface area (Å²) in [5.74, 6) is -1.11. The third kappa shape index (κ3) is 7.20. The van der Waals surface area contributed by atoms with E-state index in [0.29, 0.717) is 17.7 Å². The number of morpholine rings is 1. The molecule has 0 aromatic heterocycles. The van der Waals surface area contributed by atoms with Gasteiger partial charge in [-0.15, -0.1) is 0 Å². The van der Waals surface area contributed by atoms with Gasteiger partial charge in [0.05, 0.1) is 45.8 Å². The fourth-order valence-corrected chi connectivity index (χ4v) is 5.67. The Balaban J connectivity index is 1.67. The molecule has 1 aliphatic rings. The Morgan fingerprint density at radius 2 is 1.52 bits per heavy atom. The monoisotopic (exact) mass is 655 g/mol. The van der Waals surface area contributed by atoms with E-state index in [0.717, 1.165) is 4.90 Å². The van der Waals surface area contributed by atoms with Gasteiger partial charge in [0.15, 0.2) is 0 Å². The molecule has 0 bridgehead atoms. The van der Waals surface area contributed by atoms with Gasteiger partial charge >= 0.3 is 12.4 Å². The molecule has 226 valence electrons. The molecule has 3 aromatic carbocycles. The standard InChI is InChI=1S/C27H21Cl2F6NO5S/c28-22-7-6-18(15-23(22)29)25(8-10-41-42(38,39)21-4-2-1-3-5-21)16-36(9-11-40-25)24(37)17-12-19(26(30,31)32)14-20(13-17)27(33,34)35/h1-7,12-15H,8-11,16H2/t25-/m0/s1. The Hall–Kier alpha value is -2.84. The van der Waals surface area contributed by atoms with Crippen LogP contribution in [0.4, 0.5) is 26.3 Å². The first kappa shape index (κ1) is 32.1. The van der Waals surface area contributed by atoms with Crippen LogP contribution in [-0.2, 0) is 37.0 Å². The molecule has 1 fully saturated rings. The van der Waals surface area contributed by atoms with Crippen LogP contribution in [0.5, 0.6) is 0 Å². The summed E-state index contributed by atoms with van der Waals surface area (Å²) in [6, 6.07) is 12.2. The molecule has 1 atom stereocenters. The van der Waals surface area contributed by atoms with Crippen molar-refractivity contribution in [3.05, 3.63) is 99.0 Å². The Kier molecular flexibility index (Phi) is 9.20. The maximum atomic E-state index is 13.4. The van der Waals surface area contributed by atoms with Gasteiger partial charge in [-0.05, 0) is 48.0 Å². The molecule has 0 saturated carbocycles. The maximum absolute atomic E-state index is 13.4. The van der Waals surface area contributed by atoms with Crippen LogP contribution in [0.3, 0.4) is 0 Å².